The number of ether oxygens (including phenoxy) is 3. The Kier molecular flexibility index (Phi) is 6.47. The average molecular weight is 503 g/mol. The van der Waals surface area contributed by atoms with Crippen LogP contribution in [-0.2, 0) is 4.79 Å². The highest BCUT2D eigenvalue weighted by molar-refractivity contribution is 7.10. The standard InChI is InChI=1S/C27H26N4O4S/c1-5-26(32)31-12-19(13-31)35-25-10-20-21(11-24(25)34-4)28-15-29-27(20)30-22-9-17(6-7-23(22)33-3)18-8-16(2)36-14-18/h5-11,14-15,19H,1,12-13H2,2-4H3,(H,28,29,30). The topological polar surface area (TPSA) is 85.8 Å². The van der Waals surface area contributed by atoms with Crippen molar-refractivity contribution < 1.29 is 19.0 Å². The van der Waals surface area contributed by atoms with Gasteiger partial charge in [0.2, 0.25) is 5.91 Å². The molecule has 1 aliphatic rings. The number of nitrogens with one attached hydrogen (secondary N) is 1. The maximum absolute atomic E-state index is 11.8. The number of carbonyl (C=O) groups excluding carboxylic acids is 1. The van der Waals surface area contributed by atoms with Crippen molar-refractivity contribution in [2.75, 3.05) is 32.6 Å². The summed E-state index contributed by atoms with van der Waals surface area (Å²) in [4.78, 5) is 23.6. The molecule has 2 aromatic heterocycles. The summed E-state index contributed by atoms with van der Waals surface area (Å²) < 4.78 is 17.3. The van der Waals surface area contributed by atoms with Gasteiger partial charge < -0.3 is 24.4 Å². The number of rotatable bonds is 8. The summed E-state index contributed by atoms with van der Waals surface area (Å²) in [6.07, 6.45) is 2.69. The van der Waals surface area contributed by atoms with Crippen LogP contribution in [0.4, 0.5) is 11.5 Å². The van der Waals surface area contributed by atoms with Crippen LogP contribution in [0.3, 0.4) is 0 Å². The minimum absolute atomic E-state index is 0.103. The predicted molar refractivity (Wildman–Crippen MR) is 142 cm³/mol. The van der Waals surface area contributed by atoms with Crippen molar-refractivity contribution in [3.63, 3.8) is 0 Å². The van der Waals surface area contributed by atoms with Crippen LogP contribution >= 0.6 is 11.3 Å². The lowest BCUT2D eigenvalue weighted by atomic mass is 10.1. The number of aryl methyl sites for hydroxylation is 1. The van der Waals surface area contributed by atoms with Crippen LogP contribution in [0.5, 0.6) is 17.2 Å². The van der Waals surface area contributed by atoms with Crippen LogP contribution in [0.1, 0.15) is 4.88 Å². The minimum Gasteiger partial charge on any atom is -0.495 e. The van der Waals surface area contributed by atoms with Gasteiger partial charge in [0.25, 0.3) is 0 Å². The van der Waals surface area contributed by atoms with Crippen LogP contribution < -0.4 is 19.5 Å². The molecule has 0 saturated carbocycles. The molecule has 0 spiro atoms. The number of carbonyl (C=O) groups is 1. The molecule has 0 unspecified atom stereocenters. The van der Waals surface area contributed by atoms with E-state index in [2.05, 4.69) is 46.3 Å². The van der Waals surface area contributed by atoms with Gasteiger partial charge in [-0.25, -0.2) is 9.97 Å². The van der Waals surface area contributed by atoms with Crippen molar-refractivity contribution in [1.29, 1.82) is 0 Å². The highest BCUT2D eigenvalue weighted by Gasteiger charge is 2.31. The second kappa shape index (κ2) is 9.87. The van der Waals surface area contributed by atoms with Crippen molar-refractivity contribution in [2.24, 2.45) is 0 Å². The number of methoxy groups -OCH3 is 2. The summed E-state index contributed by atoms with van der Waals surface area (Å²) in [7, 11) is 3.23. The van der Waals surface area contributed by atoms with Crippen molar-refractivity contribution in [3.05, 3.63) is 65.6 Å². The fourth-order valence-electron chi connectivity index (χ4n) is 4.12. The number of aromatic nitrogens is 2. The van der Waals surface area contributed by atoms with Crippen LogP contribution in [0.25, 0.3) is 22.0 Å². The second-order valence-electron chi connectivity index (χ2n) is 8.42. The van der Waals surface area contributed by atoms with Crippen LogP contribution in [0.2, 0.25) is 0 Å². The van der Waals surface area contributed by atoms with Gasteiger partial charge in [0.05, 0.1) is 38.5 Å². The van der Waals surface area contributed by atoms with Crippen molar-refractivity contribution in [3.8, 4) is 28.4 Å². The quantitative estimate of drug-likeness (QED) is 0.331. The molecule has 0 radical (unpaired) electrons. The van der Waals surface area contributed by atoms with E-state index in [1.807, 2.05) is 24.3 Å². The average Bonchev–Trinajstić information content (AvgIpc) is 3.31. The minimum atomic E-state index is -0.132. The largest absolute Gasteiger partial charge is 0.495 e. The summed E-state index contributed by atoms with van der Waals surface area (Å²) in [5, 5.41) is 6.33. The van der Waals surface area contributed by atoms with E-state index in [-0.39, 0.29) is 12.0 Å². The number of fused-ring (bicyclic) bond motifs is 1. The normalized spacial score (nSPS) is 13.2. The SMILES string of the molecule is C=CC(=O)N1CC(Oc2cc3c(Nc4cc(-c5csc(C)c5)ccc4OC)ncnc3cc2OC)C1. The van der Waals surface area contributed by atoms with Gasteiger partial charge >= 0.3 is 0 Å². The molecule has 2 aromatic carbocycles. The second-order valence-corrected chi connectivity index (χ2v) is 9.53. The lowest BCUT2D eigenvalue weighted by Crippen LogP contribution is -2.55. The first kappa shape index (κ1) is 23.6. The summed E-state index contributed by atoms with van der Waals surface area (Å²) in [6.45, 7) is 6.62. The first-order valence-electron chi connectivity index (χ1n) is 11.4. The van der Waals surface area contributed by atoms with E-state index in [1.165, 1.54) is 17.3 Å². The smallest absolute Gasteiger partial charge is 0.246 e. The molecule has 184 valence electrons. The maximum atomic E-state index is 11.8. The van der Waals surface area contributed by atoms with E-state index in [0.717, 1.165) is 22.2 Å². The van der Waals surface area contributed by atoms with E-state index >= 15 is 0 Å². The van der Waals surface area contributed by atoms with E-state index in [4.69, 9.17) is 14.2 Å². The molecular formula is C27H26N4O4S. The van der Waals surface area contributed by atoms with Gasteiger partial charge in [-0.2, -0.15) is 0 Å². The number of hydrogen-bond acceptors (Lipinski definition) is 8. The Labute approximate surface area is 213 Å². The third kappa shape index (κ3) is 4.57. The molecule has 1 aliphatic heterocycles. The van der Waals surface area contributed by atoms with Crippen LogP contribution in [0, 0.1) is 6.92 Å². The Morgan fingerprint density at radius 3 is 2.58 bits per heavy atom. The van der Waals surface area contributed by atoms with Crippen molar-refractivity contribution in [1.82, 2.24) is 14.9 Å². The lowest BCUT2D eigenvalue weighted by molar-refractivity contribution is -0.134. The summed E-state index contributed by atoms with van der Waals surface area (Å²) in [5.74, 6) is 2.33. The maximum Gasteiger partial charge on any atom is 0.246 e. The van der Waals surface area contributed by atoms with E-state index < -0.39 is 0 Å². The van der Waals surface area contributed by atoms with Gasteiger partial charge in [-0.15, -0.1) is 11.3 Å². The fourth-order valence-corrected chi connectivity index (χ4v) is 4.84. The first-order chi connectivity index (χ1) is 17.5. The molecular weight excluding hydrogens is 476 g/mol. The number of amides is 1. The molecule has 1 N–H and O–H groups in total. The zero-order valence-corrected chi connectivity index (χ0v) is 21.1. The van der Waals surface area contributed by atoms with Crippen molar-refractivity contribution >= 4 is 39.7 Å². The predicted octanol–water partition coefficient (Wildman–Crippen LogP) is 5.20. The monoisotopic (exact) mass is 502 g/mol. The Morgan fingerprint density at radius 1 is 1.08 bits per heavy atom. The third-order valence-electron chi connectivity index (χ3n) is 6.07. The Morgan fingerprint density at radius 2 is 1.89 bits per heavy atom. The number of likely N-dealkylation sites (tertiary alicyclic amines) is 1. The molecule has 36 heavy (non-hydrogen) atoms. The molecule has 8 nitrogen and oxygen atoms in total. The Balaban J connectivity index is 1.47. The Hall–Kier alpha value is -4.11. The van der Waals surface area contributed by atoms with Crippen LogP contribution in [0.15, 0.2) is 60.8 Å². The molecule has 5 rings (SSSR count). The van der Waals surface area contributed by atoms with Gasteiger partial charge in [-0.05, 0) is 53.8 Å². The number of nitrogens with zero attached hydrogens (tertiary/aromatic N) is 3. The molecule has 0 bridgehead atoms. The van der Waals surface area contributed by atoms with Gasteiger partial charge in [-0.3, -0.25) is 4.79 Å². The van der Waals surface area contributed by atoms with Gasteiger partial charge in [-0.1, -0.05) is 12.6 Å². The molecule has 9 heteroatoms. The van der Waals surface area contributed by atoms with E-state index in [1.54, 1.807) is 30.5 Å². The van der Waals surface area contributed by atoms with E-state index in [9.17, 15) is 4.79 Å². The zero-order valence-electron chi connectivity index (χ0n) is 20.3. The number of hydrogen-bond donors (Lipinski definition) is 1. The third-order valence-corrected chi connectivity index (χ3v) is 6.93. The molecule has 1 amide bonds. The lowest BCUT2D eigenvalue weighted by Gasteiger charge is -2.38. The summed E-state index contributed by atoms with van der Waals surface area (Å²) in [5.41, 5.74) is 3.73. The number of thiophene rings is 1. The summed E-state index contributed by atoms with van der Waals surface area (Å²) >= 11 is 1.72. The van der Waals surface area contributed by atoms with Gasteiger partial charge in [0.1, 0.15) is 24.0 Å². The molecule has 0 atom stereocenters. The molecule has 4 aromatic rings. The summed E-state index contributed by atoms with van der Waals surface area (Å²) in [6, 6.07) is 11.9. The first-order valence-corrected chi connectivity index (χ1v) is 12.3. The van der Waals surface area contributed by atoms with Crippen LogP contribution in [-0.4, -0.2) is 54.2 Å². The molecule has 1 saturated heterocycles. The van der Waals surface area contributed by atoms with Gasteiger partial charge in [0, 0.05) is 16.3 Å². The zero-order chi connectivity index (χ0) is 25.2. The fraction of sp³-hybridized carbons (Fsp3) is 0.222. The van der Waals surface area contributed by atoms with Crippen molar-refractivity contribution in [2.45, 2.75) is 13.0 Å². The van der Waals surface area contributed by atoms with E-state index in [0.29, 0.717) is 41.7 Å². The number of benzene rings is 2. The highest BCUT2D eigenvalue weighted by atomic mass is 32.1. The highest BCUT2D eigenvalue weighted by Crippen LogP contribution is 2.38. The Bertz CT molecular complexity index is 1450. The molecule has 0 aliphatic carbocycles. The molecule has 3 heterocycles. The van der Waals surface area contributed by atoms with Gasteiger partial charge in [0.15, 0.2) is 11.5 Å². The number of anilines is 2. The molecule has 1 fully saturated rings.